The highest BCUT2D eigenvalue weighted by atomic mass is 79.9. The van der Waals surface area contributed by atoms with E-state index in [1.54, 1.807) is 6.07 Å². The molecule has 25 heavy (non-hydrogen) atoms. The molecule has 0 unspecified atom stereocenters. The number of amides is 1. The molecule has 0 fully saturated rings. The summed E-state index contributed by atoms with van der Waals surface area (Å²) in [4.78, 5) is 12.5. The second-order valence-corrected chi connectivity index (χ2v) is 7.18. The molecule has 0 aliphatic rings. The third kappa shape index (κ3) is 5.89. The fourth-order valence-electron chi connectivity index (χ4n) is 2.54. The predicted octanol–water partition coefficient (Wildman–Crippen LogP) is 6.28. The lowest BCUT2D eigenvalue weighted by molar-refractivity contribution is 0.102. The van der Waals surface area contributed by atoms with Gasteiger partial charge in [0.2, 0.25) is 0 Å². The van der Waals surface area contributed by atoms with Crippen molar-refractivity contribution in [3.8, 4) is 5.75 Å². The van der Waals surface area contributed by atoms with Crippen LogP contribution in [-0.2, 0) is 0 Å². The van der Waals surface area contributed by atoms with Crippen molar-refractivity contribution in [2.24, 2.45) is 0 Å². The van der Waals surface area contributed by atoms with Crippen LogP contribution in [0.4, 0.5) is 5.69 Å². The number of carbonyl (C=O) groups excluding carboxylic acids is 1. The summed E-state index contributed by atoms with van der Waals surface area (Å²) in [6, 6.07) is 11.5. The van der Waals surface area contributed by atoms with E-state index in [0.717, 1.165) is 33.5 Å². The molecular formula is C21H26BrNO2. The Bertz CT molecular complexity index is 728. The zero-order valence-electron chi connectivity index (χ0n) is 15.2. The van der Waals surface area contributed by atoms with Gasteiger partial charge in [0, 0.05) is 11.3 Å². The van der Waals surface area contributed by atoms with Crippen LogP contribution in [0.5, 0.6) is 5.75 Å². The van der Waals surface area contributed by atoms with E-state index in [4.69, 9.17) is 4.74 Å². The number of anilines is 1. The number of hydrogen-bond donors (Lipinski definition) is 1. The van der Waals surface area contributed by atoms with E-state index < -0.39 is 0 Å². The smallest absolute Gasteiger partial charge is 0.255 e. The monoisotopic (exact) mass is 403 g/mol. The molecule has 0 saturated carbocycles. The number of benzene rings is 2. The first kappa shape index (κ1) is 19.5. The highest BCUT2D eigenvalue weighted by molar-refractivity contribution is 9.10. The fourth-order valence-corrected chi connectivity index (χ4v) is 3.03. The van der Waals surface area contributed by atoms with Crippen molar-refractivity contribution in [3.05, 3.63) is 57.6 Å². The minimum absolute atomic E-state index is 0.121. The van der Waals surface area contributed by atoms with Gasteiger partial charge in [-0.2, -0.15) is 0 Å². The summed E-state index contributed by atoms with van der Waals surface area (Å²) < 4.78 is 6.60. The lowest BCUT2D eigenvalue weighted by Gasteiger charge is -2.12. The Balaban J connectivity index is 1.99. The van der Waals surface area contributed by atoms with E-state index in [2.05, 4.69) is 28.2 Å². The standard InChI is InChI=1S/C21H26BrNO2/c1-4-5-6-7-12-25-20-11-10-17(14-18(20)22)21(24)23-19-13-15(2)8-9-16(19)3/h8-11,13-14H,4-7,12H2,1-3H3,(H,23,24). The Kier molecular flexibility index (Phi) is 7.51. The molecule has 0 radical (unpaired) electrons. The van der Waals surface area contributed by atoms with Crippen molar-refractivity contribution in [1.29, 1.82) is 0 Å². The summed E-state index contributed by atoms with van der Waals surface area (Å²) in [7, 11) is 0. The maximum absolute atomic E-state index is 12.5. The Morgan fingerprint density at radius 1 is 1.08 bits per heavy atom. The minimum Gasteiger partial charge on any atom is -0.492 e. The number of halogens is 1. The number of ether oxygens (including phenoxy) is 1. The molecule has 0 spiro atoms. The first-order valence-electron chi connectivity index (χ1n) is 8.82. The third-order valence-corrected chi connectivity index (χ3v) is 4.71. The molecule has 134 valence electrons. The van der Waals surface area contributed by atoms with Gasteiger partial charge in [0.25, 0.3) is 5.91 Å². The van der Waals surface area contributed by atoms with Crippen LogP contribution in [0.15, 0.2) is 40.9 Å². The Hall–Kier alpha value is -1.81. The highest BCUT2D eigenvalue weighted by Crippen LogP contribution is 2.27. The van der Waals surface area contributed by atoms with Crippen molar-refractivity contribution in [2.75, 3.05) is 11.9 Å². The topological polar surface area (TPSA) is 38.3 Å². The summed E-state index contributed by atoms with van der Waals surface area (Å²) in [5.41, 5.74) is 3.61. The molecule has 0 aliphatic carbocycles. The molecule has 0 aliphatic heterocycles. The molecule has 2 aromatic carbocycles. The number of hydrogen-bond acceptors (Lipinski definition) is 2. The van der Waals surface area contributed by atoms with Gasteiger partial charge in [-0.3, -0.25) is 4.79 Å². The van der Waals surface area contributed by atoms with Crippen LogP contribution in [0.1, 0.15) is 54.1 Å². The summed E-state index contributed by atoms with van der Waals surface area (Å²) in [5.74, 6) is 0.656. The van der Waals surface area contributed by atoms with Crippen LogP contribution in [0.25, 0.3) is 0 Å². The molecule has 0 heterocycles. The summed E-state index contributed by atoms with van der Waals surface area (Å²) in [6.07, 6.45) is 4.69. The van der Waals surface area contributed by atoms with Gasteiger partial charge < -0.3 is 10.1 Å². The molecule has 0 atom stereocenters. The highest BCUT2D eigenvalue weighted by Gasteiger charge is 2.11. The summed E-state index contributed by atoms with van der Waals surface area (Å²) >= 11 is 3.50. The number of unbranched alkanes of at least 4 members (excludes halogenated alkanes) is 3. The maximum atomic E-state index is 12.5. The second kappa shape index (κ2) is 9.62. The first-order valence-corrected chi connectivity index (χ1v) is 9.61. The van der Waals surface area contributed by atoms with E-state index in [1.807, 2.05) is 44.2 Å². The van der Waals surface area contributed by atoms with Crippen molar-refractivity contribution >= 4 is 27.5 Å². The van der Waals surface area contributed by atoms with Gasteiger partial charge in [-0.1, -0.05) is 38.3 Å². The average molecular weight is 404 g/mol. The Labute approximate surface area is 158 Å². The van der Waals surface area contributed by atoms with E-state index in [-0.39, 0.29) is 5.91 Å². The lowest BCUT2D eigenvalue weighted by atomic mass is 10.1. The molecule has 4 heteroatoms. The number of rotatable bonds is 8. The Morgan fingerprint density at radius 3 is 2.60 bits per heavy atom. The van der Waals surface area contributed by atoms with Crippen molar-refractivity contribution < 1.29 is 9.53 Å². The second-order valence-electron chi connectivity index (χ2n) is 6.33. The molecule has 0 aromatic heterocycles. The molecule has 1 amide bonds. The van der Waals surface area contributed by atoms with Crippen LogP contribution in [0, 0.1) is 13.8 Å². The van der Waals surface area contributed by atoms with Crippen LogP contribution in [-0.4, -0.2) is 12.5 Å². The van der Waals surface area contributed by atoms with Gasteiger partial charge in [-0.25, -0.2) is 0 Å². The van der Waals surface area contributed by atoms with Gasteiger partial charge in [0.15, 0.2) is 0 Å². The number of carbonyl (C=O) groups is 1. The quantitative estimate of drug-likeness (QED) is 0.526. The van der Waals surface area contributed by atoms with Crippen LogP contribution >= 0.6 is 15.9 Å². The van der Waals surface area contributed by atoms with E-state index in [1.165, 1.54) is 19.3 Å². The normalized spacial score (nSPS) is 10.6. The van der Waals surface area contributed by atoms with Crippen molar-refractivity contribution in [2.45, 2.75) is 46.5 Å². The lowest BCUT2D eigenvalue weighted by Crippen LogP contribution is -2.13. The van der Waals surface area contributed by atoms with Crippen molar-refractivity contribution in [3.63, 3.8) is 0 Å². The summed E-state index contributed by atoms with van der Waals surface area (Å²) in [6.45, 7) is 6.89. The van der Waals surface area contributed by atoms with Gasteiger partial charge in [-0.15, -0.1) is 0 Å². The zero-order chi connectivity index (χ0) is 18.2. The van der Waals surface area contributed by atoms with Crippen LogP contribution in [0.2, 0.25) is 0 Å². The first-order chi connectivity index (χ1) is 12.0. The molecule has 0 saturated heterocycles. The van der Waals surface area contributed by atoms with Crippen molar-refractivity contribution in [1.82, 2.24) is 0 Å². The molecule has 0 bridgehead atoms. The number of aryl methyl sites for hydroxylation is 2. The predicted molar refractivity (Wildman–Crippen MR) is 108 cm³/mol. The van der Waals surface area contributed by atoms with Gasteiger partial charge in [0.1, 0.15) is 5.75 Å². The fraction of sp³-hybridized carbons (Fsp3) is 0.381. The number of nitrogens with one attached hydrogen (secondary N) is 1. The molecule has 3 nitrogen and oxygen atoms in total. The van der Waals surface area contributed by atoms with Crippen LogP contribution < -0.4 is 10.1 Å². The minimum atomic E-state index is -0.121. The van der Waals surface area contributed by atoms with Gasteiger partial charge >= 0.3 is 0 Å². The molecule has 2 rings (SSSR count). The van der Waals surface area contributed by atoms with E-state index >= 15 is 0 Å². The largest absolute Gasteiger partial charge is 0.492 e. The molecular weight excluding hydrogens is 378 g/mol. The summed E-state index contributed by atoms with van der Waals surface area (Å²) in [5, 5.41) is 2.98. The van der Waals surface area contributed by atoms with E-state index in [0.29, 0.717) is 12.2 Å². The van der Waals surface area contributed by atoms with Crippen LogP contribution in [0.3, 0.4) is 0 Å². The van der Waals surface area contributed by atoms with E-state index in [9.17, 15) is 4.79 Å². The zero-order valence-corrected chi connectivity index (χ0v) is 16.8. The SMILES string of the molecule is CCCCCCOc1ccc(C(=O)Nc2cc(C)ccc2C)cc1Br. The average Bonchev–Trinajstić information content (AvgIpc) is 2.59. The van der Waals surface area contributed by atoms with Gasteiger partial charge in [0.05, 0.1) is 11.1 Å². The van der Waals surface area contributed by atoms with Gasteiger partial charge in [-0.05, 0) is 71.6 Å². The third-order valence-electron chi connectivity index (χ3n) is 4.09. The Morgan fingerprint density at radius 2 is 1.88 bits per heavy atom. The maximum Gasteiger partial charge on any atom is 0.255 e. The molecule has 1 N–H and O–H groups in total. The molecule has 2 aromatic rings.